The summed E-state index contributed by atoms with van der Waals surface area (Å²) in [4.78, 5) is 0. The molecule has 0 bridgehead atoms. The topological polar surface area (TPSA) is 0 Å². The van der Waals surface area contributed by atoms with E-state index in [1.54, 1.807) is 11.3 Å². The minimum Gasteiger partial charge on any atom is -0.137 e. The van der Waals surface area contributed by atoms with Crippen LogP contribution in [0.1, 0.15) is 52.0 Å². The number of rotatable bonds is 5. The Morgan fingerprint density at radius 3 is 2.57 bits per heavy atom. The lowest BCUT2D eigenvalue weighted by molar-refractivity contribution is 0.404. The maximum absolute atomic E-state index is 3.54. The molecule has 1 rings (SSSR count). The molecule has 0 aliphatic rings. The van der Waals surface area contributed by atoms with Gasteiger partial charge in [0, 0.05) is 0 Å². The minimum atomic E-state index is 0.387. The highest BCUT2D eigenvalue weighted by Gasteiger charge is 2.24. The predicted molar refractivity (Wildman–Crippen MR) is 69.2 cm³/mol. The van der Waals surface area contributed by atoms with Gasteiger partial charge in [-0.05, 0) is 51.2 Å². The summed E-state index contributed by atoms with van der Waals surface area (Å²) < 4.78 is 1.25. The second kappa shape index (κ2) is 5.32. The van der Waals surface area contributed by atoms with E-state index < -0.39 is 0 Å². The molecule has 1 atom stereocenters. The first-order valence-electron chi connectivity index (χ1n) is 5.37. The van der Waals surface area contributed by atoms with Crippen molar-refractivity contribution in [1.29, 1.82) is 0 Å². The molecule has 0 aromatic carbocycles. The Hall–Kier alpha value is 0.180. The van der Waals surface area contributed by atoms with E-state index in [1.165, 1.54) is 35.0 Å². The molecule has 1 heterocycles. The number of halogens is 1. The van der Waals surface area contributed by atoms with E-state index in [-0.39, 0.29) is 0 Å². The summed E-state index contributed by atoms with van der Waals surface area (Å²) in [6.45, 7) is 6.94. The van der Waals surface area contributed by atoms with Gasteiger partial charge in [-0.1, -0.05) is 33.6 Å². The van der Waals surface area contributed by atoms with E-state index in [0.29, 0.717) is 5.41 Å². The Kier molecular flexibility index (Phi) is 4.65. The predicted octanol–water partition coefficient (Wildman–Crippen LogP) is 5.37. The largest absolute Gasteiger partial charge is 0.137 e. The molecule has 0 fully saturated rings. The zero-order chi connectivity index (χ0) is 10.6. The first-order valence-corrected chi connectivity index (χ1v) is 7.04. The fraction of sp³-hybridized carbons (Fsp3) is 0.667. The number of thiophene rings is 1. The normalized spacial score (nSPS) is 15.4. The lowest BCUT2D eigenvalue weighted by Gasteiger charge is -2.27. The summed E-state index contributed by atoms with van der Waals surface area (Å²) in [7, 11) is 0. The van der Waals surface area contributed by atoms with Crippen molar-refractivity contribution >= 4 is 27.3 Å². The standard InChI is InChI=1S/C12H19BrS/c1-4-6-7-12(3,5-2)10-8-11(13)14-9-10/h8-9H,4-7H2,1-3H3. The third kappa shape index (κ3) is 2.83. The highest BCUT2D eigenvalue weighted by Crippen LogP contribution is 2.36. The maximum atomic E-state index is 3.54. The smallest absolute Gasteiger partial charge is 0.0701 e. The lowest BCUT2D eigenvalue weighted by Crippen LogP contribution is -2.19. The van der Waals surface area contributed by atoms with Crippen LogP contribution in [-0.4, -0.2) is 0 Å². The van der Waals surface area contributed by atoms with Crippen LogP contribution in [0.5, 0.6) is 0 Å². The summed E-state index contributed by atoms with van der Waals surface area (Å²) in [6, 6.07) is 2.28. The quantitative estimate of drug-likeness (QED) is 0.677. The van der Waals surface area contributed by atoms with Crippen molar-refractivity contribution < 1.29 is 0 Å². The van der Waals surface area contributed by atoms with Crippen LogP contribution in [0.3, 0.4) is 0 Å². The molecule has 0 saturated heterocycles. The monoisotopic (exact) mass is 274 g/mol. The molecular weight excluding hydrogens is 256 g/mol. The van der Waals surface area contributed by atoms with Crippen molar-refractivity contribution in [3.63, 3.8) is 0 Å². The van der Waals surface area contributed by atoms with Crippen molar-refractivity contribution in [3.8, 4) is 0 Å². The molecule has 2 heteroatoms. The Bertz CT molecular complexity index is 280. The van der Waals surface area contributed by atoms with Crippen LogP contribution in [0.2, 0.25) is 0 Å². The van der Waals surface area contributed by atoms with Crippen LogP contribution >= 0.6 is 27.3 Å². The van der Waals surface area contributed by atoms with E-state index in [2.05, 4.69) is 48.1 Å². The van der Waals surface area contributed by atoms with Gasteiger partial charge in [0.05, 0.1) is 3.79 Å². The van der Waals surface area contributed by atoms with E-state index in [4.69, 9.17) is 0 Å². The summed E-state index contributed by atoms with van der Waals surface area (Å²) in [5.74, 6) is 0. The molecule has 0 amide bonds. The van der Waals surface area contributed by atoms with Crippen molar-refractivity contribution in [2.75, 3.05) is 0 Å². The molecule has 0 saturated carbocycles. The average molecular weight is 275 g/mol. The van der Waals surface area contributed by atoms with Crippen molar-refractivity contribution in [3.05, 3.63) is 20.8 Å². The molecular formula is C12H19BrS. The van der Waals surface area contributed by atoms with Gasteiger partial charge in [0.1, 0.15) is 0 Å². The fourth-order valence-electron chi connectivity index (χ4n) is 1.72. The first-order chi connectivity index (χ1) is 6.62. The van der Waals surface area contributed by atoms with Gasteiger partial charge in [-0.2, -0.15) is 0 Å². The van der Waals surface area contributed by atoms with Gasteiger partial charge in [0.2, 0.25) is 0 Å². The molecule has 0 spiro atoms. The molecule has 0 radical (unpaired) electrons. The highest BCUT2D eigenvalue weighted by molar-refractivity contribution is 9.11. The Morgan fingerprint density at radius 2 is 2.14 bits per heavy atom. The molecule has 1 aromatic rings. The van der Waals surface area contributed by atoms with Gasteiger partial charge in [-0.25, -0.2) is 0 Å². The van der Waals surface area contributed by atoms with Crippen molar-refractivity contribution in [1.82, 2.24) is 0 Å². The first kappa shape index (κ1) is 12.3. The third-order valence-corrected chi connectivity index (χ3v) is 4.63. The van der Waals surface area contributed by atoms with Crippen LogP contribution in [0.4, 0.5) is 0 Å². The van der Waals surface area contributed by atoms with E-state index >= 15 is 0 Å². The van der Waals surface area contributed by atoms with Gasteiger partial charge in [-0.15, -0.1) is 11.3 Å². The summed E-state index contributed by atoms with van der Waals surface area (Å²) in [5.41, 5.74) is 1.89. The molecule has 0 N–H and O–H groups in total. The van der Waals surface area contributed by atoms with E-state index in [9.17, 15) is 0 Å². The van der Waals surface area contributed by atoms with Crippen molar-refractivity contribution in [2.45, 2.75) is 51.9 Å². The zero-order valence-corrected chi connectivity index (χ0v) is 11.7. The molecule has 80 valence electrons. The zero-order valence-electron chi connectivity index (χ0n) is 9.27. The van der Waals surface area contributed by atoms with Crippen LogP contribution in [-0.2, 0) is 5.41 Å². The maximum Gasteiger partial charge on any atom is 0.0701 e. The van der Waals surface area contributed by atoms with Gasteiger partial charge in [-0.3, -0.25) is 0 Å². The highest BCUT2D eigenvalue weighted by atomic mass is 79.9. The van der Waals surface area contributed by atoms with E-state index in [1.807, 2.05) is 0 Å². The van der Waals surface area contributed by atoms with Gasteiger partial charge < -0.3 is 0 Å². The average Bonchev–Trinajstić information content (AvgIpc) is 2.62. The van der Waals surface area contributed by atoms with E-state index in [0.717, 1.165) is 0 Å². The molecule has 0 aliphatic carbocycles. The molecule has 0 aliphatic heterocycles. The van der Waals surface area contributed by atoms with Crippen LogP contribution in [0.15, 0.2) is 15.2 Å². The molecule has 1 unspecified atom stereocenters. The lowest BCUT2D eigenvalue weighted by atomic mass is 9.77. The second-order valence-electron chi connectivity index (χ2n) is 4.16. The molecule has 1 aromatic heterocycles. The fourth-order valence-corrected chi connectivity index (χ4v) is 3.03. The summed E-state index contributed by atoms with van der Waals surface area (Å²) in [5, 5.41) is 2.29. The summed E-state index contributed by atoms with van der Waals surface area (Å²) in [6.07, 6.45) is 5.16. The van der Waals surface area contributed by atoms with Crippen molar-refractivity contribution in [2.24, 2.45) is 0 Å². The van der Waals surface area contributed by atoms with Gasteiger partial charge in [0.25, 0.3) is 0 Å². The number of hydrogen-bond donors (Lipinski definition) is 0. The Labute approximate surface area is 99.9 Å². The van der Waals surface area contributed by atoms with Gasteiger partial charge in [0.15, 0.2) is 0 Å². The number of hydrogen-bond acceptors (Lipinski definition) is 1. The SMILES string of the molecule is CCCCC(C)(CC)c1csc(Br)c1. The number of unbranched alkanes of at least 4 members (excludes halogenated alkanes) is 1. The van der Waals surface area contributed by atoms with Crippen LogP contribution in [0.25, 0.3) is 0 Å². The molecule has 0 nitrogen and oxygen atoms in total. The molecule has 14 heavy (non-hydrogen) atoms. The third-order valence-electron chi connectivity index (χ3n) is 3.13. The Balaban J connectivity index is 2.78. The minimum absolute atomic E-state index is 0.387. The summed E-state index contributed by atoms with van der Waals surface area (Å²) >= 11 is 5.34. The van der Waals surface area contributed by atoms with Crippen LogP contribution in [0, 0.1) is 0 Å². The van der Waals surface area contributed by atoms with Gasteiger partial charge >= 0.3 is 0 Å². The second-order valence-corrected chi connectivity index (χ2v) is 6.45. The Morgan fingerprint density at radius 1 is 1.43 bits per heavy atom. The van der Waals surface area contributed by atoms with Crippen LogP contribution < -0.4 is 0 Å².